The van der Waals surface area contributed by atoms with E-state index >= 15 is 0 Å². The Balaban J connectivity index is 2.56. The number of rotatable bonds is 1. The number of aliphatic hydroxyl groups is 3. The van der Waals surface area contributed by atoms with E-state index in [0.717, 1.165) is 12.0 Å². The number of fused-ring (bicyclic) bond motifs is 1. The van der Waals surface area contributed by atoms with E-state index in [-0.39, 0.29) is 11.8 Å². The van der Waals surface area contributed by atoms with Crippen molar-refractivity contribution < 1.29 is 15.3 Å². The Morgan fingerprint density at radius 2 is 1.74 bits per heavy atom. The number of allylic oxidation sites excluding steroid dienone is 1. The molecule has 0 bridgehead atoms. The third-order valence-electron chi connectivity index (χ3n) is 6.10. The van der Waals surface area contributed by atoms with Crippen LogP contribution in [-0.2, 0) is 0 Å². The largest absolute Gasteiger partial charge is 0.390 e. The summed E-state index contributed by atoms with van der Waals surface area (Å²) in [5.74, 6) is 0.195. The van der Waals surface area contributed by atoms with Crippen molar-refractivity contribution in [3.8, 4) is 0 Å². The predicted octanol–water partition coefficient (Wildman–Crippen LogP) is 3.59. The van der Waals surface area contributed by atoms with E-state index in [1.54, 1.807) is 0 Å². The zero-order chi connectivity index (χ0) is 17.4. The zero-order valence-corrected chi connectivity index (χ0v) is 15.3. The van der Waals surface area contributed by atoms with Crippen LogP contribution in [0, 0.1) is 17.8 Å². The van der Waals surface area contributed by atoms with Gasteiger partial charge in [0, 0.05) is 5.92 Å². The molecule has 0 radical (unpaired) electrons. The van der Waals surface area contributed by atoms with Crippen LogP contribution < -0.4 is 0 Å². The average molecular weight is 322 g/mol. The van der Waals surface area contributed by atoms with Crippen molar-refractivity contribution in [2.45, 2.75) is 84.0 Å². The third kappa shape index (κ3) is 4.07. The quantitative estimate of drug-likeness (QED) is 0.647. The first-order valence-corrected chi connectivity index (χ1v) is 9.04. The number of hydrogen-bond acceptors (Lipinski definition) is 3. The molecule has 2 aliphatic rings. The van der Waals surface area contributed by atoms with Crippen LogP contribution in [0.4, 0.5) is 0 Å². The van der Waals surface area contributed by atoms with Crippen molar-refractivity contribution in [3.05, 3.63) is 23.3 Å². The van der Waals surface area contributed by atoms with Gasteiger partial charge < -0.3 is 15.3 Å². The summed E-state index contributed by atoms with van der Waals surface area (Å²) < 4.78 is 0. The Hall–Kier alpha value is -0.640. The van der Waals surface area contributed by atoms with Gasteiger partial charge in [-0.3, -0.25) is 0 Å². The molecule has 3 nitrogen and oxygen atoms in total. The van der Waals surface area contributed by atoms with E-state index in [1.807, 2.05) is 20.8 Å². The van der Waals surface area contributed by atoms with Gasteiger partial charge in [-0.1, -0.05) is 31.6 Å². The van der Waals surface area contributed by atoms with Gasteiger partial charge in [-0.05, 0) is 70.3 Å². The van der Waals surface area contributed by atoms with E-state index in [0.29, 0.717) is 31.6 Å². The molecule has 0 amide bonds. The van der Waals surface area contributed by atoms with E-state index < -0.39 is 17.3 Å². The van der Waals surface area contributed by atoms with Crippen molar-refractivity contribution in [1.82, 2.24) is 0 Å². The maximum Gasteiger partial charge on any atom is 0.0784 e. The lowest BCUT2D eigenvalue weighted by molar-refractivity contribution is -0.0625. The summed E-state index contributed by atoms with van der Waals surface area (Å²) in [5.41, 5.74) is 0.537. The molecule has 0 aromatic heterocycles. The lowest BCUT2D eigenvalue weighted by atomic mass is 9.70. The molecular formula is C20H34O3. The highest BCUT2D eigenvalue weighted by atomic mass is 16.3. The first-order chi connectivity index (χ1) is 10.5. The summed E-state index contributed by atoms with van der Waals surface area (Å²) in [7, 11) is 0. The first-order valence-electron chi connectivity index (χ1n) is 9.04. The molecule has 0 heterocycles. The Morgan fingerprint density at radius 1 is 1.13 bits per heavy atom. The van der Waals surface area contributed by atoms with Crippen molar-refractivity contribution in [2.75, 3.05) is 0 Å². The maximum atomic E-state index is 11.1. The van der Waals surface area contributed by atoms with Crippen molar-refractivity contribution in [3.63, 3.8) is 0 Å². The molecule has 0 spiro atoms. The van der Waals surface area contributed by atoms with Crippen LogP contribution >= 0.6 is 0 Å². The fraction of sp³-hybridized carbons (Fsp3) is 0.800. The van der Waals surface area contributed by atoms with Crippen molar-refractivity contribution in [1.29, 1.82) is 0 Å². The Bertz CT molecular complexity index is 485. The monoisotopic (exact) mass is 322 g/mol. The van der Waals surface area contributed by atoms with Crippen LogP contribution in [0.1, 0.15) is 66.7 Å². The highest BCUT2D eigenvalue weighted by Crippen LogP contribution is 2.46. The Morgan fingerprint density at radius 3 is 2.35 bits per heavy atom. The van der Waals surface area contributed by atoms with Gasteiger partial charge in [-0.2, -0.15) is 0 Å². The van der Waals surface area contributed by atoms with Gasteiger partial charge in [-0.15, -0.1) is 0 Å². The van der Waals surface area contributed by atoms with Crippen molar-refractivity contribution >= 4 is 0 Å². The van der Waals surface area contributed by atoms with Crippen LogP contribution in [0.2, 0.25) is 0 Å². The zero-order valence-electron chi connectivity index (χ0n) is 15.3. The second-order valence-corrected chi connectivity index (χ2v) is 8.50. The Labute approximate surface area is 141 Å². The summed E-state index contributed by atoms with van der Waals surface area (Å²) in [6, 6.07) is 0. The minimum absolute atomic E-state index is 0.0333. The van der Waals surface area contributed by atoms with E-state index in [2.05, 4.69) is 26.0 Å². The molecule has 0 aromatic carbocycles. The molecule has 0 saturated heterocycles. The third-order valence-corrected chi connectivity index (χ3v) is 6.10. The second kappa shape index (κ2) is 6.70. The van der Waals surface area contributed by atoms with Crippen LogP contribution in [0.5, 0.6) is 0 Å². The molecule has 3 heteroatoms. The van der Waals surface area contributed by atoms with Gasteiger partial charge in [0.25, 0.3) is 0 Å². The number of hydrogen-bond donors (Lipinski definition) is 3. The molecule has 5 atom stereocenters. The molecule has 23 heavy (non-hydrogen) atoms. The summed E-state index contributed by atoms with van der Waals surface area (Å²) in [4.78, 5) is 0. The van der Waals surface area contributed by atoms with Crippen LogP contribution in [0.25, 0.3) is 0 Å². The number of aliphatic hydroxyl groups excluding tert-OH is 1. The summed E-state index contributed by atoms with van der Waals surface area (Å²) in [6.07, 6.45) is 7.33. The van der Waals surface area contributed by atoms with Gasteiger partial charge >= 0.3 is 0 Å². The summed E-state index contributed by atoms with van der Waals surface area (Å²) in [5, 5.41) is 32.6. The maximum absolute atomic E-state index is 11.1. The van der Waals surface area contributed by atoms with Gasteiger partial charge in [0.05, 0.1) is 17.3 Å². The van der Waals surface area contributed by atoms with E-state index in [1.165, 1.54) is 5.57 Å². The minimum atomic E-state index is -0.817. The fourth-order valence-corrected chi connectivity index (χ4v) is 4.23. The molecule has 1 saturated carbocycles. The molecule has 0 aromatic rings. The predicted molar refractivity (Wildman–Crippen MR) is 94.0 cm³/mol. The first kappa shape index (κ1) is 18.7. The minimum Gasteiger partial charge on any atom is -0.390 e. The van der Waals surface area contributed by atoms with Crippen molar-refractivity contribution in [2.24, 2.45) is 17.8 Å². The van der Waals surface area contributed by atoms with Gasteiger partial charge in [-0.25, -0.2) is 0 Å². The van der Waals surface area contributed by atoms with Gasteiger partial charge in [0.2, 0.25) is 0 Å². The smallest absolute Gasteiger partial charge is 0.0784 e. The molecular weight excluding hydrogens is 288 g/mol. The normalized spacial score (nSPS) is 47.3. The molecule has 2 aliphatic carbocycles. The second-order valence-electron chi connectivity index (χ2n) is 8.50. The Kier molecular flexibility index (Phi) is 5.44. The van der Waals surface area contributed by atoms with Crippen LogP contribution in [0.15, 0.2) is 23.3 Å². The molecule has 0 aliphatic heterocycles. The molecule has 0 unspecified atom stereocenters. The lowest BCUT2D eigenvalue weighted by Crippen LogP contribution is -2.44. The van der Waals surface area contributed by atoms with E-state index in [9.17, 15) is 15.3 Å². The topological polar surface area (TPSA) is 60.7 Å². The highest BCUT2D eigenvalue weighted by Gasteiger charge is 2.47. The lowest BCUT2D eigenvalue weighted by Gasteiger charge is -2.40. The van der Waals surface area contributed by atoms with Gasteiger partial charge in [0.1, 0.15) is 0 Å². The molecule has 3 N–H and O–H groups in total. The standard InChI is InChI=1S/C20H34O3/c1-13(2)15-11-17-16(8-7-14(3)18(21)12-15)19(4,22)9-6-10-20(17,5)23/h7,11,13,16-18,21-23H,6,8-10,12H2,1-5H3/b14-7+,15-11+/t16-,17-,18-,19+,20-/m1/s1. The fourth-order valence-electron chi connectivity index (χ4n) is 4.23. The summed E-state index contributed by atoms with van der Waals surface area (Å²) in [6.45, 7) is 10.0. The molecule has 2 rings (SSSR count). The molecule has 1 fully saturated rings. The average Bonchev–Trinajstić information content (AvgIpc) is 2.47. The molecule has 132 valence electrons. The summed E-state index contributed by atoms with van der Waals surface area (Å²) >= 11 is 0. The SMILES string of the molecule is C/C1=C\C[C@@H]2[C@@H](/C=C(/C(C)C)C[C@H]1O)[C@](C)(O)CCC[C@]2(C)O. The van der Waals surface area contributed by atoms with Crippen LogP contribution in [-0.4, -0.2) is 32.6 Å². The van der Waals surface area contributed by atoms with Crippen LogP contribution in [0.3, 0.4) is 0 Å². The highest BCUT2D eigenvalue weighted by molar-refractivity contribution is 5.21. The van der Waals surface area contributed by atoms with Gasteiger partial charge in [0.15, 0.2) is 0 Å². The van der Waals surface area contributed by atoms with E-state index in [4.69, 9.17) is 0 Å².